The fourth-order valence-electron chi connectivity index (χ4n) is 2.63. The Morgan fingerprint density at radius 1 is 0.944 bits per heavy atom. The van der Waals surface area contributed by atoms with Crippen molar-refractivity contribution in [2.75, 3.05) is 0 Å². The average molecular weight is 274 g/mol. The quantitative estimate of drug-likeness (QED) is 0.407. The van der Waals surface area contributed by atoms with Gasteiger partial charge >= 0.3 is 5.97 Å². The number of rotatable bonds is 11. The van der Waals surface area contributed by atoms with Crippen molar-refractivity contribution < 1.29 is 8.98 Å². The second kappa shape index (κ2) is 10.7. The molecule has 0 radical (unpaired) electrons. The molecule has 0 aliphatic heterocycles. The highest BCUT2D eigenvalue weighted by atomic mass is 32.1. The Morgan fingerprint density at radius 3 is 1.61 bits per heavy atom. The highest BCUT2D eigenvalue weighted by Crippen LogP contribution is 2.40. The molecule has 108 valence electrons. The van der Waals surface area contributed by atoms with Gasteiger partial charge in [0.05, 0.1) is 6.42 Å². The summed E-state index contributed by atoms with van der Waals surface area (Å²) in [5.41, 5.74) is 0.155. The van der Waals surface area contributed by atoms with Crippen LogP contribution in [0.4, 0.5) is 0 Å². The highest BCUT2D eigenvalue weighted by molar-refractivity contribution is 7.75. The summed E-state index contributed by atoms with van der Waals surface area (Å²) in [4.78, 5) is 11.6. The minimum atomic E-state index is -0.165. The number of hydrogen-bond acceptors (Lipinski definition) is 3. The van der Waals surface area contributed by atoms with E-state index in [4.69, 9.17) is 0 Å². The maximum Gasteiger partial charge on any atom is 0.318 e. The Balaban J connectivity index is 4.66. The van der Waals surface area contributed by atoms with Crippen LogP contribution in [0.15, 0.2) is 0 Å². The van der Waals surface area contributed by atoms with E-state index in [2.05, 4.69) is 37.9 Å². The molecule has 2 nitrogen and oxygen atoms in total. The van der Waals surface area contributed by atoms with Crippen molar-refractivity contribution in [1.82, 2.24) is 0 Å². The first-order valence-electron chi connectivity index (χ1n) is 7.48. The molecule has 0 aliphatic carbocycles. The Hall–Kier alpha value is -0.180. The van der Waals surface area contributed by atoms with Gasteiger partial charge in [-0.15, -0.1) is 0 Å². The number of hydrogen-bond donors (Lipinski definition) is 1. The third-order valence-electron chi connectivity index (χ3n) is 3.80. The molecule has 0 aromatic heterocycles. The van der Waals surface area contributed by atoms with Crippen molar-refractivity contribution >= 4 is 18.9 Å². The minimum Gasteiger partial charge on any atom is -0.395 e. The van der Waals surface area contributed by atoms with Gasteiger partial charge < -0.3 is 4.18 Å². The zero-order valence-electron chi connectivity index (χ0n) is 12.3. The first kappa shape index (κ1) is 17.8. The molecule has 0 amide bonds. The summed E-state index contributed by atoms with van der Waals surface area (Å²) < 4.78 is 4.60. The zero-order chi connectivity index (χ0) is 13.9. The van der Waals surface area contributed by atoms with Crippen LogP contribution in [0.5, 0.6) is 0 Å². The van der Waals surface area contributed by atoms with Crippen LogP contribution in [0.2, 0.25) is 0 Å². The van der Waals surface area contributed by atoms with Gasteiger partial charge in [0.15, 0.2) is 0 Å². The van der Waals surface area contributed by atoms with E-state index in [1.165, 1.54) is 38.5 Å². The van der Waals surface area contributed by atoms with Gasteiger partial charge in [-0.1, -0.05) is 59.3 Å². The summed E-state index contributed by atoms with van der Waals surface area (Å²) in [6.45, 7) is 6.63. The van der Waals surface area contributed by atoms with Gasteiger partial charge in [-0.25, -0.2) is 0 Å². The largest absolute Gasteiger partial charge is 0.395 e. The maximum atomic E-state index is 11.6. The third-order valence-corrected chi connectivity index (χ3v) is 4.01. The molecular weight excluding hydrogens is 244 g/mol. The highest BCUT2D eigenvalue weighted by Gasteiger charge is 2.31. The van der Waals surface area contributed by atoms with Gasteiger partial charge in [0.25, 0.3) is 0 Å². The van der Waals surface area contributed by atoms with E-state index in [9.17, 15) is 4.79 Å². The maximum absolute atomic E-state index is 11.6. The molecule has 0 aromatic rings. The molecule has 0 rings (SSSR count). The van der Waals surface area contributed by atoms with Crippen molar-refractivity contribution in [3.63, 3.8) is 0 Å². The predicted molar refractivity (Wildman–Crippen MR) is 80.7 cm³/mol. The monoisotopic (exact) mass is 274 g/mol. The number of unbranched alkanes of at least 4 members (excludes halogenated alkanes) is 3. The SMILES string of the molecule is CCCCC(CCCC)(CCCC)CC(=O)OS. The van der Waals surface area contributed by atoms with Gasteiger partial charge in [0, 0.05) is 12.9 Å². The zero-order valence-corrected chi connectivity index (χ0v) is 13.2. The average Bonchev–Trinajstić information content (AvgIpc) is 2.40. The Bertz CT molecular complexity index is 195. The van der Waals surface area contributed by atoms with Crippen molar-refractivity contribution in [2.45, 2.75) is 85.0 Å². The second-order valence-electron chi connectivity index (χ2n) is 5.45. The van der Waals surface area contributed by atoms with Crippen molar-refractivity contribution in [3.8, 4) is 0 Å². The van der Waals surface area contributed by atoms with Crippen molar-refractivity contribution in [2.24, 2.45) is 5.41 Å². The molecule has 0 aliphatic rings. The fourth-order valence-corrected chi connectivity index (χ4v) is 2.70. The summed E-state index contributed by atoms with van der Waals surface area (Å²) in [5, 5.41) is 0. The van der Waals surface area contributed by atoms with Crippen LogP contribution < -0.4 is 0 Å². The summed E-state index contributed by atoms with van der Waals surface area (Å²) >= 11 is 3.65. The molecule has 0 saturated carbocycles. The molecule has 0 bridgehead atoms. The van der Waals surface area contributed by atoms with Crippen molar-refractivity contribution in [1.29, 1.82) is 0 Å². The van der Waals surface area contributed by atoms with Gasteiger partial charge in [-0.3, -0.25) is 4.79 Å². The molecule has 3 heteroatoms. The van der Waals surface area contributed by atoms with E-state index >= 15 is 0 Å². The van der Waals surface area contributed by atoms with Crippen LogP contribution in [-0.2, 0) is 8.98 Å². The molecule has 0 aromatic carbocycles. The summed E-state index contributed by atoms with van der Waals surface area (Å²) in [5.74, 6) is -0.165. The molecule has 18 heavy (non-hydrogen) atoms. The fraction of sp³-hybridized carbons (Fsp3) is 0.933. The van der Waals surface area contributed by atoms with E-state index < -0.39 is 0 Å². The standard InChI is InChI=1S/C15H30O2S/c1-4-7-10-15(11-8-5-2,12-9-6-3)13-14(16)17-18/h18H,4-13H2,1-3H3. The van der Waals surface area contributed by atoms with Crippen LogP contribution in [0.1, 0.15) is 85.0 Å². The molecule has 0 spiro atoms. The van der Waals surface area contributed by atoms with Crippen LogP contribution in [-0.4, -0.2) is 5.97 Å². The second-order valence-corrected chi connectivity index (χ2v) is 5.63. The molecule has 0 heterocycles. The van der Waals surface area contributed by atoms with Crippen LogP contribution in [0.3, 0.4) is 0 Å². The van der Waals surface area contributed by atoms with Gasteiger partial charge in [-0.2, -0.15) is 0 Å². The summed E-state index contributed by atoms with van der Waals surface area (Å²) in [6, 6.07) is 0. The molecule has 0 N–H and O–H groups in total. The molecular formula is C15H30O2S. The van der Waals surface area contributed by atoms with Crippen LogP contribution >= 0.6 is 12.9 Å². The molecule has 0 saturated heterocycles. The summed E-state index contributed by atoms with van der Waals surface area (Å²) in [6.07, 6.45) is 11.2. The van der Waals surface area contributed by atoms with E-state index in [1.54, 1.807) is 0 Å². The van der Waals surface area contributed by atoms with E-state index in [0.717, 1.165) is 19.3 Å². The van der Waals surface area contributed by atoms with E-state index in [0.29, 0.717) is 6.42 Å². The molecule has 0 unspecified atom stereocenters. The first-order chi connectivity index (χ1) is 8.64. The van der Waals surface area contributed by atoms with Crippen molar-refractivity contribution in [3.05, 3.63) is 0 Å². The first-order valence-corrected chi connectivity index (χ1v) is 7.85. The Morgan fingerprint density at radius 2 is 1.33 bits per heavy atom. The Labute approximate surface area is 118 Å². The van der Waals surface area contributed by atoms with Crippen LogP contribution in [0, 0.1) is 5.41 Å². The van der Waals surface area contributed by atoms with E-state index in [-0.39, 0.29) is 11.4 Å². The number of carbonyl (C=O) groups is 1. The number of carbonyl (C=O) groups excluding carboxylic acids is 1. The minimum absolute atomic E-state index is 0.155. The van der Waals surface area contributed by atoms with Gasteiger partial charge in [-0.05, 0) is 24.7 Å². The van der Waals surface area contributed by atoms with Gasteiger partial charge in [0.1, 0.15) is 0 Å². The summed E-state index contributed by atoms with van der Waals surface area (Å²) in [7, 11) is 0. The van der Waals surface area contributed by atoms with E-state index in [1.807, 2.05) is 0 Å². The lowest BCUT2D eigenvalue weighted by Gasteiger charge is -2.33. The molecule has 0 atom stereocenters. The smallest absolute Gasteiger partial charge is 0.318 e. The topological polar surface area (TPSA) is 26.3 Å². The normalized spacial score (nSPS) is 11.6. The Kier molecular flexibility index (Phi) is 10.6. The lowest BCUT2D eigenvalue weighted by molar-refractivity contribution is -0.136. The lowest BCUT2D eigenvalue weighted by atomic mass is 9.72. The predicted octanol–water partition coefficient (Wildman–Crippen LogP) is 5.32. The number of thiol groups is 1. The lowest BCUT2D eigenvalue weighted by Crippen LogP contribution is -2.25. The molecule has 0 fully saturated rings. The third kappa shape index (κ3) is 7.30. The van der Waals surface area contributed by atoms with Gasteiger partial charge in [0.2, 0.25) is 0 Å². The van der Waals surface area contributed by atoms with Crippen LogP contribution in [0.25, 0.3) is 0 Å².